The molecule has 0 N–H and O–H groups in total. The number of ether oxygens (including phenoxy) is 1. The zero-order valence-corrected chi connectivity index (χ0v) is 8.74. The molecule has 1 aromatic heterocycles. The zero-order valence-electron chi connectivity index (χ0n) is 8.74. The Labute approximate surface area is 83.3 Å². The summed E-state index contributed by atoms with van der Waals surface area (Å²) in [7, 11) is 1.67. The number of methoxy groups -OCH3 is 1. The molecule has 0 aliphatic heterocycles. The summed E-state index contributed by atoms with van der Waals surface area (Å²) in [6.45, 7) is 4.69. The fourth-order valence-electron chi connectivity index (χ4n) is 1.74. The van der Waals surface area contributed by atoms with Crippen molar-refractivity contribution < 1.29 is 4.74 Å². The molecule has 3 nitrogen and oxygen atoms in total. The van der Waals surface area contributed by atoms with Crippen molar-refractivity contribution in [3.8, 4) is 0 Å². The minimum atomic E-state index is 0.507. The summed E-state index contributed by atoms with van der Waals surface area (Å²) in [5.41, 5.74) is 3.55. The average Bonchev–Trinajstić information content (AvgIpc) is 2.48. The maximum Gasteiger partial charge on any atom is 0.138 e. The fraction of sp³-hybridized carbons (Fsp3) is 0.364. The topological polar surface area (TPSA) is 27.1 Å². The van der Waals surface area contributed by atoms with E-state index in [1.165, 1.54) is 16.5 Å². The maximum absolute atomic E-state index is 5.03. The summed E-state index contributed by atoms with van der Waals surface area (Å²) in [6, 6.07) is 4.29. The lowest BCUT2D eigenvalue weighted by molar-refractivity contribution is 0.121. The van der Waals surface area contributed by atoms with Gasteiger partial charge in [0, 0.05) is 18.7 Å². The lowest BCUT2D eigenvalue weighted by atomic mass is 10.1. The van der Waals surface area contributed by atoms with Crippen LogP contribution >= 0.6 is 0 Å². The number of hydrogen-bond acceptors (Lipinski definition) is 2. The van der Waals surface area contributed by atoms with Gasteiger partial charge >= 0.3 is 0 Å². The van der Waals surface area contributed by atoms with Crippen LogP contribution in [-0.2, 0) is 11.5 Å². The molecule has 0 fully saturated rings. The molecule has 14 heavy (non-hydrogen) atoms. The van der Waals surface area contributed by atoms with E-state index in [-0.39, 0.29) is 0 Å². The number of nitrogens with zero attached hydrogens (tertiary/aromatic N) is 2. The van der Waals surface area contributed by atoms with E-state index in [1.54, 1.807) is 7.11 Å². The van der Waals surface area contributed by atoms with Crippen molar-refractivity contribution >= 4 is 10.9 Å². The number of fused-ring (bicyclic) bond motifs is 1. The smallest absolute Gasteiger partial charge is 0.138 e. The molecule has 0 bridgehead atoms. The van der Waals surface area contributed by atoms with Crippen LogP contribution in [-0.4, -0.2) is 16.9 Å². The van der Waals surface area contributed by atoms with Crippen molar-refractivity contribution in [2.45, 2.75) is 20.6 Å². The summed E-state index contributed by atoms with van der Waals surface area (Å²) in [4.78, 5) is 0. The number of rotatable bonds is 2. The van der Waals surface area contributed by atoms with E-state index < -0.39 is 0 Å². The van der Waals surface area contributed by atoms with Gasteiger partial charge in [-0.15, -0.1) is 0 Å². The van der Waals surface area contributed by atoms with E-state index in [9.17, 15) is 0 Å². The molecule has 0 aliphatic carbocycles. The van der Waals surface area contributed by atoms with E-state index >= 15 is 0 Å². The molecule has 2 aromatic rings. The van der Waals surface area contributed by atoms with E-state index in [1.807, 2.05) is 10.9 Å². The van der Waals surface area contributed by atoms with Crippen molar-refractivity contribution in [2.75, 3.05) is 7.11 Å². The molecule has 0 saturated carbocycles. The normalized spacial score (nSPS) is 11.1. The molecule has 1 heterocycles. The van der Waals surface area contributed by atoms with Gasteiger partial charge in [0.25, 0.3) is 0 Å². The van der Waals surface area contributed by atoms with Gasteiger partial charge in [-0.25, -0.2) is 4.68 Å². The maximum atomic E-state index is 5.03. The fourth-order valence-corrected chi connectivity index (χ4v) is 1.74. The van der Waals surface area contributed by atoms with Crippen LogP contribution in [0.3, 0.4) is 0 Å². The lowest BCUT2D eigenvalue weighted by Crippen LogP contribution is -1.99. The minimum absolute atomic E-state index is 0.507. The Bertz CT molecular complexity index is 460. The second-order valence-corrected chi connectivity index (χ2v) is 3.61. The van der Waals surface area contributed by atoms with Gasteiger partial charge in [-0.2, -0.15) is 5.10 Å². The summed E-state index contributed by atoms with van der Waals surface area (Å²) >= 11 is 0. The van der Waals surface area contributed by atoms with Gasteiger partial charge in [0.1, 0.15) is 6.73 Å². The predicted molar refractivity (Wildman–Crippen MR) is 56.2 cm³/mol. The molecule has 3 heteroatoms. The van der Waals surface area contributed by atoms with Gasteiger partial charge in [0.2, 0.25) is 0 Å². The third-order valence-electron chi connectivity index (χ3n) is 2.25. The molecule has 2 rings (SSSR count). The number of hydrogen-bond donors (Lipinski definition) is 0. The Morgan fingerprint density at radius 2 is 2.14 bits per heavy atom. The van der Waals surface area contributed by atoms with Crippen molar-refractivity contribution in [3.05, 3.63) is 29.5 Å². The first kappa shape index (κ1) is 9.21. The SMILES string of the molecule is COCn1cc2cc(C)cc(C)c2n1. The van der Waals surface area contributed by atoms with E-state index in [2.05, 4.69) is 31.1 Å². The lowest BCUT2D eigenvalue weighted by Gasteiger charge is -1.96. The first-order chi connectivity index (χ1) is 6.70. The van der Waals surface area contributed by atoms with Crippen LogP contribution in [0.5, 0.6) is 0 Å². The Morgan fingerprint density at radius 3 is 2.86 bits per heavy atom. The van der Waals surface area contributed by atoms with Crippen molar-refractivity contribution in [2.24, 2.45) is 0 Å². The Hall–Kier alpha value is -1.35. The first-order valence-electron chi connectivity index (χ1n) is 4.64. The van der Waals surface area contributed by atoms with Gasteiger partial charge in [0.05, 0.1) is 5.52 Å². The Kier molecular flexibility index (Phi) is 2.25. The molecule has 0 saturated heterocycles. The van der Waals surface area contributed by atoms with E-state index in [4.69, 9.17) is 4.74 Å². The highest BCUT2D eigenvalue weighted by Gasteiger charge is 2.03. The summed E-state index contributed by atoms with van der Waals surface area (Å²) < 4.78 is 6.84. The standard InChI is InChI=1S/C11H14N2O/c1-8-4-9(2)11-10(5-8)6-13(12-11)7-14-3/h4-6H,7H2,1-3H3. The quantitative estimate of drug-likeness (QED) is 0.726. The molecule has 74 valence electrons. The van der Waals surface area contributed by atoms with Crippen LogP contribution in [0.15, 0.2) is 18.3 Å². The third kappa shape index (κ3) is 1.51. The van der Waals surface area contributed by atoms with Crippen LogP contribution < -0.4 is 0 Å². The molecule has 0 unspecified atom stereocenters. The summed E-state index contributed by atoms with van der Waals surface area (Å²) in [6.07, 6.45) is 2.01. The van der Waals surface area contributed by atoms with Crippen LogP contribution in [0, 0.1) is 13.8 Å². The molecule has 0 aliphatic rings. The third-order valence-corrected chi connectivity index (χ3v) is 2.25. The van der Waals surface area contributed by atoms with Gasteiger partial charge in [-0.3, -0.25) is 0 Å². The van der Waals surface area contributed by atoms with Crippen molar-refractivity contribution in [1.82, 2.24) is 9.78 Å². The zero-order chi connectivity index (χ0) is 10.1. The van der Waals surface area contributed by atoms with E-state index in [0.29, 0.717) is 6.73 Å². The summed E-state index contributed by atoms with van der Waals surface area (Å²) in [5, 5.41) is 5.61. The monoisotopic (exact) mass is 190 g/mol. The van der Waals surface area contributed by atoms with E-state index in [0.717, 1.165) is 5.52 Å². The second-order valence-electron chi connectivity index (χ2n) is 3.61. The van der Waals surface area contributed by atoms with Crippen LogP contribution in [0.25, 0.3) is 10.9 Å². The molecule has 0 radical (unpaired) electrons. The Balaban J connectivity index is 2.58. The highest BCUT2D eigenvalue weighted by Crippen LogP contribution is 2.18. The molecule has 0 atom stereocenters. The average molecular weight is 190 g/mol. The molecular formula is C11H14N2O. The molecular weight excluding hydrogens is 176 g/mol. The molecule has 0 spiro atoms. The first-order valence-corrected chi connectivity index (χ1v) is 4.64. The van der Waals surface area contributed by atoms with Crippen molar-refractivity contribution in [1.29, 1.82) is 0 Å². The number of aromatic nitrogens is 2. The van der Waals surface area contributed by atoms with Crippen molar-refractivity contribution in [3.63, 3.8) is 0 Å². The Morgan fingerprint density at radius 1 is 1.36 bits per heavy atom. The van der Waals surface area contributed by atoms with Gasteiger partial charge in [-0.1, -0.05) is 11.6 Å². The predicted octanol–water partition coefficient (Wildman–Crippen LogP) is 2.26. The highest BCUT2D eigenvalue weighted by molar-refractivity contribution is 5.82. The number of benzene rings is 1. The van der Waals surface area contributed by atoms with Gasteiger partial charge in [-0.05, 0) is 25.5 Å². The largest absolute Gasteiger partial charge is 0.362 e. The number of aryl methyl sites for hydroxylation is 2. The van der Waals surface area contributed by atoms with Crippen LogP contribution in [0.1, 0.15) is 11.1 Å². The summed E-state index contributed by atoms with van der Waals surface area (Å²) in [5.74, 6) is 0. The van der Waals surface area contributed by atoms with Gasteiger partial charge in [0.15, 0.2) is 0 Å². The van der Waals surface area contributed by atoms with Gasteiger partial charge < -0.3 is 4.74 Å². The second kappa shape index (κ2) is 3.42. The van der Waals surface area contributed by atoms with Crippen LogP contribution in [0.2, 0.25) is 0 Å². The molecule has 1 aromatic carbocycles. The minimum Gasteiger partial charge on any atom is -0.362 e. The highest BCUT2D eigenvalue weighted by atomic mass is 16.5. The molecule has 0 amide bonds. The van der Waals surface area contributed by atoms with Crippen LogP contribution in [0.4, 0.5) is 0 Å².